The van der Waals surface area contributed by atoms with Crippen LogP contribution in [0.15, 0.2) is 82.6 Å². The molecule has 0 radical (unpaired) electrons. The van der Waals surface area contributed by atoms with E-state index in [0.29, 0.717) is 11.1 Å². The summed E-state index contributed by atoms with van der Waals surface area (Å²) < 4.78 is 0. The third kappa shape index (κ3) is 2.60. The standard InChI is InChI=1S/C23H16N2O3S/c1-14(24-22(27)15-8-2-3-9-16(15)23(24)28)21(26)25-17-10-4-6-12-19(17)29-20-13-7-5-11-18(20)25/h2-14H,1H3. The van der Waals surface area contributed by atoms with Crippen molar-refractivity contribution in [2.45, 2.75) is 22.8 Å². The SMILES string of the molecule is CC(C(=O)N1c2ccccc2Sc2ccccc21)N1C(=O)c2ccccc2C1=O. The van der Waals surface area contributed by atoms with Gasteiger partial charge in [0.15, 0.2) is 0 Å². The van der Waals surface area contributed by atoms with Gasteiger partial charge in [-0.1, -0.05) is 48.2 Å². The van der Waals surface area contributed by atoms with Gasteiger partial charge in [0.2, 0.25) is 0 Å². The summed E-state index contributed by atoms with van der Waals surface area (Å²) in [6.45, 7) is 1.61. The quantitative estimate of drug-likeness (QED) is 0.595. The molecule has 1 unspecified atom stereocenters. The Morgan fingerprint density at radius 3 is 1.72 bits per heavy atom. The van der Waals surface area contributed by atoms with Crippen LogP contribution in [0.25, 0.3) is 0 Å². The maximum Gasteiger partial charge on any atom is 0.262 e. The van der Waals surface area contributed by atoms with E-state index in [4.69, 9.17) is 0 Å². The summed E-state index contributed by atoms with van der Waals surface area (Å²) >= 11 is 1.60. The van der Waals surface area contributed by atoms with Crippen molar-refractivity contribution in [1.29, 1.82) is 0 Å². The largest absolute Gasteiger partial charge is 0.277 e. The van der Waals surface area contributed by atoms with Gasteiger partial charge in [0.05, 0.1) is 22.5 Å². The Balaban J connectivity index is 1.57. The predicted molar refractivity (Wildman–Crippen MR) is 111 cm³/mol. The molecule has 6 heteroatoms. The monoisotopic (exact) mass is 400 g/mol. The molecule has 0 bridgehead atoms. The number of hydrogen-bond acceptors (Lipinski definition) is 4. The topological polar surface area (TPSA) is 57.7 Å². The summed E-state index contributed by atoms with van der Waals surface area (Å²) in [5, 5.41) is 0. The van der Waals surface area contributed by atoms with Crippen molar-refractivity contribution in [2.75, 3.05) is 4.90 Å². The third-order valence-corrected chi connectivity index (χ3v) is 6.35. The summed E-state index contributed by atoms with van der Waals surface area (Å²) in [6, 6.07) is 21.0. The zero-order valence-corrected chi connectivity index (χ0v) is 16.3. The Morgan fingerprint density at radius 2 is 1.21 bits per heavy atom. The molecule has 0 fully saturated rings. The Labute approximate surface area is 171 Å². The first kappa shape index (κ1) is 17.7. The smallest absolute Gasteiger partial charge is 0.262 e. The molecule has 3 amide bonds. The number of anilines is 2. The molecule has 29 heavy (non-hydrogen) atoms. The minimum Gasteiger partial charge on any atom is -0.277 e. The average Bonchev–Trinajstić information content (AvgIpc) is 3.01. The molecular weight excluding hydrogens is 384 g/mol. The van der Waals surface area contributed by atoms with Gasteiger partial charge < -0.3 is 0 Å². The number of para-hydroxylation sites is 2. The minimum absolute atomic E-state index is 0.320. The molecule has 142 valence electrons. The second-order valence-electron chi connectivity index (χ2n) is 6.91. The molecule has 1 atom stereocenters. The van der Waals surface area contributed by atoms with E-state index in [2.05, 4.69) is 0 Å². The van der Waals surface area contributed by atoms with E-state index in [1.807, 2.05) is 48.5 Å². The van der Waals surface area contributed by atoms with Gasteiger partial charge in [-0.05, 0) is 43.3 Å². The second-order valence-corrected chi connectivity index (χ2v) is 8.00. The maximum absolute atomic E-state index is 13.6. The number of rotatable bonds is 2. The second kappa shape index (κ2) is 6.60. The van der Waals surface area contributed by atoms with E-state index in [1.165, 1.54) is 0 Å². The van der Waals surface area contributed by atoms with Crippen molar-refractivity contribution in [3.63, 3.8) is 0 Å². The first-order valence-corrected chi connectivity index (χ1v) is 10.1. The number of carbonyl (C=O) groups is 3. The van der Waals surface area contributed by atoms with E-state index >= 15 is 0 Å². The highest BCUT2D eigenvalue weighted by atomic mass is 32.2. The number of imide groups is 1. The molecule has 2 aliphatic heterocycles. The summed E-state index contributed by atoms with van der Waals surface area (Å²) in [6.07, 6.45) is 0. The van der Waals surface area contributed by atoms with Crippen molar-refractivity contribution in [1.82, 2.24) is 4.90 Å². The molecule has 3 aromatic carbocycles. The fraction of sp³-hybridized carbons (Fsp3) is 0.0870. The van der Waals surface area contributed by atoms with Crippen LogP contribution in [0.1, 0.15) is 27.6 Å². The van der Waals surface area contributed by atoms with Gasteiger partial charge in [0.25, 0.3) is 17.7 Å². The van der Waals surface area contributed by atoms with Gasteiger partial charge in [-0.15, -0.1) is 0 Å². The van der Waals surface area contributed by atoms with E-state index in [0.717, 1.165) is 26.1 Å². The van der Waals surface area contributed by atoms with Gasteiger partial charge in [-0.2, -0.15) is 0 Å². The van der Waals surface area contributed by atoms with Gasteiger partial charge in [-0.25, -0.2) is 0 Å². The lowest BCUT2D eigenvalue weighted by Gasteiger charge is -2.34. The lowest BCUT2D eigenvalue weighted by molar-refractivity contribution is -0.121. The van der Waals surface area contributed by atoms with Crippen molar-refractivity contribution in [2.24, 2.45) is 0 Å². The summed E-state index contributed by atoms with van der Waals surface area (Å²) in [5.41, 5.74) is 2.19. The van der Waals surface area contributed by atoms with Crippen LogP contribution in [0.3, 0.4) is 0 Å². The van der Waals surface area contributed by atoms with Crippen molar-refractivity contribution < 1.29 is 14.4 Å². The zero-order valence-electron chi connectivity index (χ0n) is 15.5. The predicted octanol–water partition coefficient (Wildman–Crippen LogP) is 4.50. The Bertz CT molecular complexity index is 1110. The van der Waals surface area contributed by atoms with E-state index < -0.39 is 17.9 Å². The first-order valence-electron chi connectivity index (χ1n) is 9.24. The van der Waals surface area contributed by atoms with Crippen molar-refractivity contribution in [3.05, 3.63) is 83.9 Å². The molecule has 5 rings (SSSR count). The number of amides is 3. The Morgan fingerprint density at radius 1 is 0.759 bits per heavy atom. The zero-order chi connectivity index (χ0) is 20.1. The molecule has 0 saturated carbocycles. The van der Waals surface area contributed by atoms with Crippen LogP contribution >= 0.6 is 11.8 Å². The molecule has 3 aromatic rings. The van der Waals surface area contributed by atoms with E-state index in [9.17, 15) is 14.4 Å². The van der Waals surface area contributed by atoms with Crippen molar-refractivity contribution in [3.8, 4) is 0 Å². The van der Waals surface area contributed by atoms with E-state index in [-0.39, 0.29) is 5.91 Å². The fourth-order valence-corrected chi connectivity index (χ4v) is 4.86. The molecule has 0 N–H and O–H groups in total. The van der Waals surface area contributed by atoms with Crippen LogP contribution in [0.4, 0.5) is 11.4 Å². The molecule has 0 saturated heterocycles. The number of carbonyl (C=O) groups excluding carboxylic acids is 3. The number of fused-ring (bicyclic) bond motifs is 3. The normalized spacial score (nSPS) is 15.6. The van der Waals surface area contributed by atoms with Gasteiger partial charge in [-0.3, -0.25) is 24.2 Å². The molecule has 0 aliphatic carbocycles. The van der Waals surface area contributed by atoms with Crippen LogP contribution in [0.5, 0.6) is 0 Å². The van der Waals surface area contributed by atoms with Crippen LogP contribution < -0.4 is 4.90 Å². The Kier molecular flexibility index (Phi) is 4.03. The molecule has 0 spiro atoms. The summed E-state index contributed by atoms with van der Waals surface area (Å²) in [4.78, 5) is 43.9. The van der Waals surface area contributed by atoms with Crippen LogP contribution in [0.2, 0.25) is 0 Å². The highest BCUT2D eigenvalue weighted by Crippen LogP contribution is 2.48. The van der Waals surface area contributed by atoms with Gasteiger partial charge in [0, 0.05) is 9.79 Å². The molecule has 5 nitrogen and oxygen atoms in total. The molecular formula is C23H16N2O3S. The maximum atomic E-state index is 13.6. The Hall–Kier alpha value is -3.38. The van der Waals surface area contributed by atoms with Crippen molar-refractivity contribution >= 4 is 40.9 Å². The van der Waals surface area contributed by atoms with Crippen LogP contribution in [-0.4, -0.2) is 28.7 Å². The fourth-order valence-electron chi connectivity index (χ4n) is 3.80. The lowest BCUT2D eigenvalue weighted by atomic mass is 10.1. The summed E-state index contributed by atoms with van der Waals surface area (Å²) in [5.74, 6) is -1.18. The lowest BCUT2D eigenvalue weighted by Crippen LogP contribution is -2.48. The van der Waals surface area contributed by atoms with E-state index in [1.54, 1.807) is 47.9 Å². The number of benzene rings is 3. The van der Waals surface area contributed by atoms with Gasteiger partial charge in [0.1, 0.15) is 6.04 Å². The highest BCUT2D eigenvalue weighted by molar-refractivity contribution is 7.99. The summed E-state index contributed by atoms with van der Waals surface area (Å²) in [7, 11) is 0. The molecule has 0 aromatic heterocycles. The molecule has 2 aliphatic rings. The average molecular weight is 400 g/mol. The minimum atomic E-state index is -0.938. The third-order valence-electron chi connectivity index (χ3n) is 5.22. The molecule has 2 heterocycles. The number of nitrogens with zero attached hydrogens (tertiary/aromatic N) is 2. The van der Waals surface area contributed by atoms with Crippen LogP contribution in [0, 0.1) is 0 Å². The van der Waals surface area contributed by atoms with Gasteiger partial charge >= 0.3 is 0 Å². The first-order chi connectivity index (χ1) is 14.1. The van der Waals surface area contributed by atoms with Crippen LogP contribution in [-0.2, 0) is 4.79 Å². The highest BCUT2D eigenvalue weighted by Gasteiger charge is 2.43. The number of hydrogen-bond donors (Lipinski definition) is 0.